The third kappa shape index (κ3) is 9.66. The lowest BCUT2D eigenvalue weighted by Crippen LogP contribution is -2.41. The van der Waals surface area contributed by atoms with Crippen LogP contribution < -0.4 is 9.44 Å². The Morgan fingerprint density at radius 3 is 2.59 bits per heavy atom. The maximum atomic E-state index is 11.3. The Balaban J connectivity index is 3.88. The second-order valence-corrected chi connectivity index (χ2v) is 5.11. The molecule has 0 aromatic rings. The van der Waals surface area contributed by atoms with E-state index in [9.17, 15) is 13.2 Å². The van der Waals surface area contributed by atoms with Crippen molar-refractivity contribution < 1.29 is 17.9 Å². The predicted molar refractivity (Wildman–Crippen MR) is 64.4 cm³/mol. The van der Waals surface area contributed by atoms with Crippen LogP contribution in [0, 0.1) is 12.3 Å². The standard InChI is InChI=1S/C10H18N2O4S/c1-4-5-6-7-8-11-17(14,15)12-10(13)16-9(2)3/h1,9,11H,5-8H2,2-3H3,(H,12,13). The van der Waals surface area contributed by atoms with E-state index in [2.05, 4.69) is 15.4 Å². The average Bonchev–Trinajstić information content (AvgIpc) is 2.14. The van der Waals surface area contributed by atoms with Gasteiger partial charge in [-0.25, -0.2) is 9.52 Å². The molecule has 0 fully saturated rings. The van der Waals surface area contributed by atoms with Gasteiger partial charge in [0, 0.05) is 13.0 Å². The number of ether oxygens (including phenoxy) is 1. The smallest absolute Gasteiger partial charge is 0.422 e. The molecule has 0 aromatic carbocycles. The summed E-state index contributed by atoms with van der Waals surface area (Å²) in [5.74, 6) is 2.45. The molecule has 0 radical (unpaired) electrons. The summed E-state index contributed by atoms with van der Waals surface area (Å²) in [6, 6.07) is 0. The topological polar surface area (TPSA) is 84.5 Å². The van der Waals surface area contributed by atoms with Crippen LogP contribution in [0.2, 0.25) is 0 Å². The van der Waals surface area contributed by atoms with Gasteiger partial charge in [0.05, 0.1) is 6.10 Å². The van der Waals surface area contributed by atoms with E-state index in [4.69, 9.17) is 6.42 Å². The summed E-state index contributed by atoms with van der Waals surface area (Å²) in [5.41, 5.74) is 0. The zero-order valence-electron chi connectivity index (χ0n) is 10.0. The molecule has 1 amide bonds. The van der Waals surface area contributed by atoms with E-state index in [1.165, 1.54) is 0 Å². The Morgan fingerprint density at radius 1 is 1.41 bits per heavy atom. The first-order valence-electron chi connectivity index (χ1n) is 5.29. The van der Waals surface area contributed by atoms with Gasteiger partial charge in [-0.3, -0.25) is 0 Å². The molecule has 0 bridgehead atoms. The predicted octanol–water partition coefficient (Wildman–Crippen LogP) is 0.759. The van der Waals surface area contributed by atoms with Crippen LogP contribution in [-0.2, 0) is 14.9 Å². The molecule has 7 heteroatoms. The van der Waals surface area contributed by atoms with Gasteiger partial charge in [0.15, 0.2) is 0 Å². The molecular formula is C10H18N2O4S. The quantitative estimate of drug-likeness (QED) is 0.524. The van der Waals surface area contributed by atoms with Crippen molar-refractivity contribution >= 4 is 16.3 Å². The van der Waals surface area contributed by atoms with E-state index in [0.717, 1.165) is 6.42 Å². The first-order valence-corrected chi connectivity index (χ1v) is 6.77. The highest BCUT2D eigenvalue weighted by Crippen LogP contribution is 1.93. The number of terminal acetylenes is 1. The Bertz CT molecular complexity index is 370. The second kappa shape index (κ2) is 7.92. The van der Waals surface area contributed by atoms with Crippen molar-refractivity contribution in [1.82, 2.24) is 9.44 Å². The van der Waals surface area contributed by atoms with E-state index in [1.54, 1.807) is 18.6 Å². The first-order chi connectivity index (χ1) is 7.87. The third-order valence-corrected chi connectivity index (χ3v) is 2.62. The van der Waals surface area contributed by atoms with Gasteiger partial charge in [-0.1, -0.05) is 0 Å². The van der Waals surface area contributed by atoms with E-state index in [-0.39, 0.29) is 12.6 Å². The molecular weight excluding hydrogens is 244 g/mol. The summed E-state index contributed by atoms with van der Waals surface area (Å²) in [6.07, 6.45) is 5.63. The fraction of sp³-hybridized carbons (Fsp3) is 0.700. The molecule has 0 atom stereocenters. The molecule has 17 heavy (non-hydrogen) atoms. The summed E-state index contributed by atoms with van der Waals surface area (Å²) < 4.78 is 31.2. The molecule has 0 saturated carbocycles. The van der Waals surface area contributed by atoms with Crippen LogP contribution in [0.15, 0.2) is 0 Å². The maximum absolute atomic E-state index is 11.3. The van der Waals surface area contributed by atoms with Crippen LogP contribution in [0.5, 0.6) is 0 Å². The molecule has 0 aliphatic carbocycles. The number of rotatable bonds is 7. The van der Waals surface area contributed by atoms with Crippen molar-refractivity contribution in [2.45, 2.75) is 39.2 Å². The normalized spacial score (nSPS) is 10.9. The Labute approximate surface area is 102 Å². The van der Waals surface area contributed by atoms with Crippen LogP contribution in [0.1, 0.15) is 33.1 Å². The lowest BCUT2D eigenvalue weighted by atomic mass is 10.2. The highest BCUT2D eigenvalue weighted by Gasteiger charge is 2.15. The van der Waals surface area contributed by atoms with Gasteiger partial charge in [0.1, 0.15) is 0 Å². The lowest BCUT2D eigenvalue weighted by molar-refractivity contribution is 0.121. The molecule has 0 spiro atoms. The number of nitrogens with one attached hydrogen (secondary N) is 2. The number of hydrogen-bond acceptors (Lipinski definition) is 4. The van der Waals surface area contributed by atoms with Gasteiger partial charge < -0.3 is 4.74 Å². The monoisotopic (exact) mass is 262 g/mol. The summed E-state index contributed by atoms with van der Waals surface area (Å²) in [6.45, 7) is 3.48. The summed E-state index contributed by atoms with van der Waals surface area (Å²) in [5, 5.41) is 0. The van der Waals surface area contributed by atoms with Crippen LogP contribution in [-0.4, -0.2) is 27.2 Å². The molecule has 0 rings (SSSR count). The number of carbonyl (C=O) groups excluding carboxylic acids is 1. The lowest BCUT2D eigenvalue weighted by Gasteiger charge is -2.10. The Kier molecular flexibility index (Phi) is 7.34. The summed E-state index contributed by atoms with van der Waals surface area (Å²) in [4.78, 5) is 11.0. The number of hydrogen-bond donors (Lipinski definition) is 2. The largest absolute Gasteiger partial charge is 0.446 e. The third-order valence-electron chi connectivity index (χ3n) is 1.60. The molecule has 98 valence electrons. The minimum atomic E-state index is -3.84. The average molecular weight is 262 g/mol. The van der Waals surface area contributed by atoms with Crippen molar-refractivity contribution in [2.75, 3.05) is 6.54 Å². The Morgan fingerprint density at radius 2 is 2.06 bits per heavy atom. The van der Waals surface area contributed by atoms with Gasteiger partial charge in [-0.15, -0.1) is 12.3 Å². The summed E-state index contributed by atoms with van der Waals surface area (Å²) in [7, 11) is -3.84. The van der Waals surface area contributed by atoms with Crippen LogP contribution in [0.4, 0.5) is 4.79 Å². The van der Waals surface area contributed by atoms with Crippen LogP contribution in [0.3, 0.4) is 0 Å². The SMILES string of the molecule is C#CCCCCNS(=O)(=O)NC(=O)OC(C)C. The first kappa shape index (κ1) is 15.7. The number of amides is 1. The zero-order chi connectivity index (χ0) is 13.3. The van der Waals surface area contributed by atoms with Gasteiger partial charge in [-0.05, 0) is 26.7 Å². The molecule has 0 unspecified atom stereocenters. The second-order valence-electron chi connectivity index (χ2n) is 3.62. The maximum Gasteiger partial charge on any atom is 0.422 e. The highest BCUT2D eigenvalue weighted by atomic mass is 32.2. The fourth-order valence-corrected chi connectivity index (χ4v) is 1.70. The van der Waals surface area contributed by atoms with Gasteiger partial charge in [0.2, 0.25) is 0 Å². The zero-order valence-corrected chi connectivity index (χ0v) is 10.8. The molecule has 0 aliphatic rings. The van der Waals surface area contributed by atoms with E-state index in [1.807, 2.05) is 0 Å². The Hall–Kier alpha value is -1.26. The van der Waals surface area contributed by atoms with Gasteiger partial charge in [-0.2, -0.15) is 13.1 Å². The molecule has 0 saturated heterocycles. The fourth-order valence-electron chi connectivity index (χ4n) is 0.943. The van der Waals surface area contributed by atoms with E-state index >= 15 is 0 Å². The van der Waals surface area contributed by atoms with E-state index in [0.29, 0.717) is 12.8 Å². The molecule has 0 heterocycles. The van der Waals surface area contributed by atoms with Crippen molar-refractivity contribution in [2.24, 2.45) is 0 Å². The molecule has 6 nitrogen and oxygen atoms in total. The van der Waals surface area contributed by atoms with Crippen molar-refractivity contribution in [1.29, 1.82) is 0 Å². The van der Waals surface area contributed by atoms with Gasteiger partial charge in [0.25, 0.3) is 0 Å². The van der Waals surface area contributed by atoms with Gasteiger partial charge >= 0.3 is 16.3 Å². The van der Waals surface area contributed by atoms with Crippen molar-refractivity contribution in [3.63, 3.8) is 0 Å². The molecule has 0 aliphatic heterocycles. The van der Waals surface area contributed by atoms with E-state index < -0.39 is 16.3 Å². The molecule has 0 aromatic heterocycles. The highest BCUT2D eigenvalue weighted by molar-refractivity contribution is 7.88. The minimum Gasteiger partial charge on any atom is -0.446 e. The summed E-state index contributed by atoms with van der Waals surface area (Å²) >= 11 is 0. The minimum absolute atomic E-state index is 0.228. The van der Waals surface area contributed by atoms with Crippen molar-refractivity contribution in [3.8, 4) is 12.3 Å². The molecule has 2 N–H and O–H groups in total. The van der Waals surface area contributed by atoms with Crippen molar-refractivity contribution in [3.05, 3.63) is 0 Å². The number of carbonyl (C=O) groups is 1. The van der Waals surface area contributed by atoms with Crippen LogP contribution in [0.25, 0.3) is 0 Å². The van der Waals surface area contributed by atoms with Crippen LogP contribution >= 0.6 is 0 Å². The number of unbranched alkanes of at least 4 members (excludes halogenated alkanes) is 2.